The van der Waals surface area contributed by atoms with Gasteiger partial charge in [-0.05, 0) is 12.0 Å². The maximum absolute atomic E-state index is 5.68. The van der Waals surface area contributed by atoms with Crippen molar-refractivity contribution >= 4 is 29.6 Å². The van der Waals surface area contributed by atoms with Crippen molar-refractivity contribution in [2.45, 2.75) is 32.7 Å². The van der Waals surface area contributed by atoms with Gasteiger partial charge in [-0.3, -0.25) is 0 Å². The quantitative estimate of drug-likeness (QED) is 0.466. The highest BCUT2D eigenvalue weighted by Crippen LogP contribution is 2.14. The smallest absolute Gasteiger partial charge is 0.150 e. The number of rotatable bonds is 4. The molecule has 56 valence electrons. The van der Waals surface area contributed by atoms with Crippen LogP contribution in [0.1, 0.15) is 26.7 Å². The Morgan fingerprint density at radius 3 is 2.33 bits per heavy atom. The Bertz CT molecular complexity index is 66.1. The molecule has 0 fully saturated rings. The second-order valence-electron chi connectivity index (χ2n) is 2.48. The molecule has 0 aliphatic rings. The zero-order valence-corrected chi connectivity index (χ0v) is 8.70. The first-order chi connectivity index (χ1) is 4.16. The molecule has 0 aromatic rings. The van der Waals surface area contributed by atoms with Crippen LogP contribution in [0.15, 0.2) is 0 Å². The summed E-state index contributed by atoms with van der Waals surface area (Å²) in [7, 11) is -1.30. The van der Waals surface area contributed by atoms with Crippen molar-refractivity contribution in [2.75, 3.05) is 0 Å². The highest BCUT2D eigenvalue weighted by molar-refractivity contribution is 7.33. The monoisotopic (exact) mass is 184 g/mol. The molecule has 0 aliphatic carbocycles. The van der Waals surface area contributed by atoms with Gasteiger partial charge in [0.2, 0.25) is 7.42 Å². The van der Waals surface area contributed by atoms with Gasteiger partial charge in [-0.2, -0.15) is 22.2 Å². The summed E-state index contributed by atoms with van der Waals surface area (Å²) in [6, 6.07) is 1.07. The molecule has 0 aliphatic heterocycles. The van der Waals surface area contributed by atoms with Crippen LogP contribution in [0.5, 0.6) is 0 Å². The van der Waals surface area contributed by atoms with Gasteiger partial charge in [0.25, 0.3) is 0 Å². The largest absolute Gasteiger partial charge is 0.237 e. The van der Waals surface area contributed by atoms with E-state index < -0.39 is 7.42 Å². The Balaban J connectivity index is 3.06. The minimum absolute atomic E-state index is 0.803. The number of halogens is 2. The zero-order valence-electron chi connectivity index (χ0n) is 6.03. The molecule has 1 unspecified atom stereocenters. The summed E-state index contributed by atoms with van der Waals surface area (Å²) in [5.41, 5.74) is 0. The first-order valence-electron chi connectivity index (χ1n) is 3.45. The van der Waals surface area contributed by atoms with E-state index >= 15 is 0 Å². The molecule has 0 amide bonds. The van der Waals surface area contributed by atoms with Gasteiger partial charge in [-0.1, -0.05) is 26.7 Å². The molecule has 0 saturated carbocycles. The van der Waals surface area contributed by atoms with Crippen molar-refractivity contribution < 1.29 is 0 Å². The maximum atomic E-state index is 5.68. The minimum atomic E-state index is -1.30. The van der Waals surface area contributed by atoms with Crippen LogP contribution in [0, 0.1) is 5.92 Å². The lowest BCUT2D eigenvalue weighted by Gasteiger charge is -2.06. The van der Waals surface area contributed by atoms with Gasteiger partial charge in [-0.25, -0.2) is 0 Å². The molecular weight excluding hydrogens is 171 g/mol. The predicted octanol–water partition coefficient (Wildman–Crippen LogP) is 3.12. The van der Waals surface area contributed by atoms with E-state index in [0.29, 0.717) is 0 Å². The molecule has 0 spiro atoms. The Morgan fingerprint density at radius 2 is 2.00 bits per heavy atom. The normalized spacial score (nSPS) is 14.3. The fraction of sp³-hybridized carbons (Fsp3) is 1.00. The molecule has 3 heteroatoms. The van der Waals surface area contributed by atoms with Gasteiger partial charge >= 0.3 is 0 Å². The van der Waals surface area contributed by atoms with E-state index in [0.717, 1.165) is 12.0 Å². The molecule has 0 N–H and O–H groups in total. The van der Waals surface area contributed by atoms with Gasteiger partial charge in [-0.15, -0.1) is 0 Å². The van der Waals surface area contributed by atoms with Crippen LogP contribution in [-0.2, 0) is 0 Å². The van der Waals surface area contributed by atoms with Crippen LogP contribution >= 0.6 is 22.2 Å². The highest BCUT2D eigenvalue weighted by atomic mass is 35.7. The van der Waals surface area contributed by atoms with Crippen LogP contribution in [0.2, 0.25) is 6.04 Å². The van der Waals surface area contributed by atoms with E-state index in [2.05, 4.69) is 13.8 Å². The van der Waals surface area contributed by atoms with Crippen LogP contribution < -0.4 is 0 Å². The third kappa shape index (κ3) is 6.69. The molecule has 0 aromatic carbocycles. The molecule has 0 aromatic heterocycles. The summed E-state index contributed by atoms with van der Waals surface area (Å²) in [4.78, 5) is 0. The Hall–Kier alpha value is 0.797. The third-order valence-corrected chi connectivity index (χ3v) is 3.65. The Labute approximate surface area is 68.6 Å². The third-order valence-electron chi connectivity index (χ3n) is 1.57. The van der Waals surface area contributed by atoms with Crippen molar-refractivity contribution in [1.29, 1.82) is 0 Å². The van der Waals surface area contributed by atoms with Crippen LogP contribution in [0.25, 0.3) is 0 Å². The van der Waals surface area contributed by atoms with Crippen molar-refractivity contribution in [1.82, 2.24) is 0 Å². The first-order valence-corrected chi connectivity index (χ1v) is 7.75. The lowest BCUT2D eigenvalue weighted by atomic mass is 10.1. The van der Waals surface area contributed by atoms with Crippen molar-refractivity contribution in [3.05, 3.63) is 0 Å². The SMILES string of the molecule is CCC(C)CC[SiH](Cl)Cl. The van der Waals surface area contributed by atoms with Crippen molar-refractivity contribution in [3.63, 3.8) is 0 Å². The summed E-state index contributed by atoms with van der Waals surface area (Å²) in [5.74, 6) is 0.803. The van der Waals surface area contributed by atoms with Crippen LogP contribution in [0.4, 0.5) is 0 Å². The molecular formula is C6H14Cl2Si. The van der Waals surface area contributed by atoms with E-state index in [9.17, 15) is 0 Å². The summed E-state index contributed by atoms with van der Waals surface area (Å²) in [5, 5.41) is 0. The molecule has 1 atom stereocenters. The van der Waals surface area contributed by atoms with Crippen molar-refractivity contribution in [2.24, 2.45) is 5.92 Å². The zero-order chi connectivity index (χ0) is 7.28. The van der Waals surface area contributed by atoms with E-state index in [1.54, 1.807) is 0 Å². The molecule has 0 saturated heterocycles. The molecule has 0 radical (unpaired) electrons. The standard InChI is InChI=1S/C6H14Cl2Si/c1-3-6(2)4-5-9(7)8/h6,9H,3-5H2,1-2H3. The Kier molecular flexibility index (Phi) is 6.07. The summed E-state index contributed by atoms with van der Waals surface area (Å²) < 4.78 is 0. The summed E-state index contributed by atoms with van der Waals surface area (Å²) in [6.07, 6.45) is 2.45. The lowest BCUT2D eigenvalue weighted by Crippen LogP contribution is -1.97. The van der Waals surface area contributed by atoms with Gasteiger partial charge in [0.05, 0.1) is 0 Å². The number of hydrogen-bond donors (Lipinski definition) is 0. The maximum Gasteiger partial charge on any atom is 0.237 e. The Morgan fingerprint density at radius 1 is 1.44 bits per heavy atom. The highest BCUT2D eigenvalue weighted by Gasteiger charge is 2.04. The minimum Gasteiger partial charge on any atom is -0.150 e. The molecule has 9 heavy (non-hydrogen) atoms. The predicted molar refractivity (Wildman–Crippen MR) is 47.7 cm³/mol. The fourth-order valence-corrected chi connectivity index (χ4v) is 2.19. The number of hydrogen-bond acceptors (Lipinski definition) is 0. The lowest BCUT2D eigenvalue weighted by molar-refractivity contribution is 0.543. The van der Waals surface area contributed by atoms with E-state index in [4.69, 9.17) is 22.2 Å². The molecule has 0 nitrogen and oxygen atoms in total. The van der Waals surface area contributed by atoms with Gasteiger partial charge in [0.1, 0.15) is 0 Å². The van der Waals surface area contributed by atoms with E-state index in [1.807, 2.05) is 0 Å². The van der Waals surface area contributed by atoms with E-state index in [-0.39, 0.29) is 0 Å². The second kappa shape index (κ2) is 5.57. The van der Waals surface area contributed by atoms with Gasteiger partial charge in [0.15, 0.2) is 0 Å². The van der Waals surface area contributed by atoms with Crippen molar-refractivity contribution in [3.8, 4) is 0 Å². The average molecular weight is 185 g/mol. The topological polar surface area (TPSA) is 0 Å². The molecule has 0 rings (SSSR count). The molecule has 0 heterocycles. The van der Waals surface area contributed by atoms with Crippen LogP contribution in [-0.4, -0.2) is 7.42 Å². The van der Waals surface area contributed by atoms with Gasteiger partial charge < -0.3 is 0 Å². The van der Waals surface area contributed by atoms with Gasteiger partial charge in [0, 0.05) is 0 Å². The van der Waals surface area contributed by atoms with Crippen LogP contribution in [0.3, 0.4) is 0 Å². The summed E-state index contributed by atoms with van der Waals surface area (Å²) in [6.45, 7) is 4.44. The molecule has 0 bridgehead atoms. The van der Waals surface area contributed by atoms with E-state index in [1.165, 1.54) is 12.8 Å². The average Bonchev–Trinajstić information content (AvgIpc) is 1.83. The fourth-order valence-electron chi connectivity index (χ4n) is 0.615. The first kappa shape index (κ1) is 9.80. The summed E-state index contributed by atoms with van der Waals surface area (Å²) >= 11 is 11.4. The second-order valence-corrected chi connectivity index (χ2v) is 7.67.